The van der Waals surface area contributed by atoms with Gasteiger partial charge < -0.3 is 9.15 Å². The van der Waals surface area contributed by atoms with Gasteiger partial charge in [-0.15, -0.1) is 11.3 Å². The molecule has 0 saturated carbocycles. The number of aromatic nitrogens is 1. The van der Waals surface area contributed by atoms with E-state index >= 15 is 0 Å². The SMILES string of the molecule is C=CCOc1ccc(C2c3c(oc4cc(C)c(Cl)cc4c3=O)C(=O)N2c2nc(C)c(C)s2)cc1. The Bertz CT molecular complexity index is 1500. The molecule has 8 heteroatoms. The number of benzene rings is 2. The number of carbonyl (C=O) groups is 1. The van der Waals surface area contributed by atoms with Gasteiger partial charge in [-0.3, -0.25) is 14.5 Å². The van der Waals surface area contributed by atoms with Crippen molar-refractivity contribution < 1.29 is 13.9 Å². The van der Waals surface area contributed by atoms with E-state index in [0.29, 0.717) is 33.5 Å². The molecule has 3 heterocycles. The number of rotatable bonds is 5. The number of hydrogen-bond acceptors (Lipinski definition) is 6. The summed E-state index contributed by atoms with van der Waals surface area (Å²) in [6.07, 6.45) is 1.66. The number of carbonyl (C=O) groups excluding carboxylic acids is 1. The Morgan fingerprint density at radius 3 is 2.59 bits per heavy atom. The zero-order valence-corrected chi connectivity index (χ0v) is 20.4. The summed E-state index contributed by atoms with van der Waals surface area (Å²) in [7, 11) is 0. The van der Waals surface area contributed by atoms with Crippen LogP contribution >= 0.6 is 22.9 Å². The minimum absolute atomic E-state index is 0.0294. The third kappa shape index (κ3) is 3.52. The second kappa shape index (κ2) is 8.42. The highest BCUT2D eigenvalue weighted by Crippen LogP contribution is 2.43. The molecule has 0 N–H and O–H groups in total. The van der Waals surface area contributed by atoms with Crippen LogP contribution in [-0.2, 0) is 0 Å². The summed E-state index contributed by atoms with van der Waals surface area (Å²) in [5, 5.41) is 1.32. The number of ether oxygens (including phenoxy) is 1. The molecule has 1 atom stereocenters. The first-order valence-corrected chi connectivity index (χ1v) is 11.9. The lowest BCUT2D eigenvalue weighted by Gasteiger charge is -2.22. The predicted molar refractivity (Wildman–Crippen MR) is 135 cm³/mol. The average Bonchev–Trinajstić information content (AvgIpc) is 3.30. The molecule has 1 amide bonds. The fourth-order valence-electron chi connectivity index (χ4n) is 4.07. The summed E-state index contributed by atoms with van der Waals surface area (Å²) in [4.78, 5) is 34.5. The Hall–Kier alpha value is -3.42. The van der Waals surface area contributed by atoms with Crippen LogP contribution in [-0.4, -0.2) is 17.5 Å². The number of amides is 1. The standard InChI is InChI=1S/C26H21ClN2O4S/c1-5-10-32-17-8-6-16(7-9-17)22-21-23(30)18-12-19(27)13(2)11-20(18)33-24(21)25(31)29(22)26-28-14(3)15(4)34-26/h5-9,11-12,22H,1,10H2,2-4H3. The van der Waals surface area contributed by atoms with Crippen molar-refractivity contribution in [1.29, 1.82) is 0 Å². The monoisotopic (exact) mass is 492 g/mol. The first-order valence-electron chi connectivity index (χ1n) is 10.7. The van der Waals surface area contributed by atoms with Crippen LogP contribution in [0.3, 0.4) is 0 Å². The normalized spacial score (nSPS) is 15.1. The Labute approximate surface area is 205 Å². The fourth-order valence-corrected chi connectivity index (χ4v) is 5.17. The quantitative estimate of drug-likeness (QED) is 0.313. The summed E-state index contributed by atoms with van der Waals surface area (Å²) in [6.45, 7) is 9.71. The van der Waals surface area contributed by atoms with Gasteiger partial charge in [-0.25, -0.2) is 4.98 Å². The molecule has 0 spiro atoms. The van der Waals surface area contributed by atoms with Gasteiger partial charge in [-0.2, -0.15) is 0 Å². The van der Waals surface area contributed by atoms with Crippen LogP contribution < -0.4 is 15.1 Å². The van der Waals surface area contributed by atoms with Crippen molar-refractivity contribution in [3.8, 4) is 5.75 Å². The number of fused-ring (bicyclic) bond motifs is 2. The summed E-state index contributed by atoms with van der Waals surface area (Å²) in [5.74, 6) is 0.294. The molecule has 0 saturated heterocycles. The molecule has 172 valence electrons. The van der Waals surface area contributed by atoms with E-state index in [1.165, 1.54) is 11.3 Å². The second-order valence-electron chi connectivity index (χ2n) is 8.16. The number of thiazole rings is 1. The van der Waals surface area contributed by atoms with E-state index in [0.717, 1.165) is 21.7 Å². The Balaban J connectivity index is 1.74. The van der Waals surface area contributed by atoms with E-state index in [2.05, 4.69) is 11.6 Å². The van der Waals surface area contributed by atoms with Gasteiger partial charge in [0.2, 0.25) is 5.76 Å². The van der Waals surface area contributed by atoms with Crippen molar-refractivity contribution in [3.05, 3.63) is 97.3 Å². The molecule has 34 heavy (non-hydrogen) atoms. The zero-order chi connectivity index (χ0) is 24.1. The van der Waals surface area contributed by atoms with E-state index in [9.17, 15) is 9.59 Å². The van der Waals surface area contributed by atoms with Crippen molar-refractivity contribution in [2.75, 3.05) is 11.5 Å². The number of nitrogens with zero attached hydrogens (tertiary/aromatic N) is 2. The lowest BCUT2D eigenvalue weighted by Crippen LogP contribution is -2.29. The maximum absolute atomic E-state index is 13.7. The molecule has 6 nitrogen and oxygen atoms in total. The van der Waals surface area contributed by atoms with E-state index in [1.54, 1.807) is 35.2 Å². The van der Waals surface area contributed by atoms with Crippen LogP contribution in [0.5, 0.6) is 5.75 Å². The van der Waals surface area contributed by atoms with Gasteiger partial charge in [0.25, 0.3) is 5.91 Å². The van der Waals surface area contributed by atoms with Gasteiger partial charge >= 0.3 is 0 Å². The van der Waals surface area contributed by atoms with Crippen LogP contribution in [0.2, 0.25) is 5.02 Å². The zero-order valence-electron chi connectivity index (χ0n) is 18.8. The van der Waals surface area contributed by atoms with Crippen molar-refractivity contribution in [2.45, 2.75) is 26.8 Å². The van der Waals surface area contributed by atoms with Crippen LogP contribution in [0.15, 0.2) is 58.3 Å². The van der Waals surface area contributed by atoms with E-state index in [4.69, 9.17) is 20.8 Å². The number of hydrogen-bond donors (Lipinski definition) is 0. The summed E-state index contributed by atoms with van der Waals surface area (Å²) < 4.78 is 11.6. The average molecular weight is 493 g/mol. The van der Waals surface area contributed by atoms with Crippen molar-refractivity contribution >= 4 is 44.9 Å². The van der Waals surface area contributed by atoms with Gasteiger partial charge in [0.15, 0.2) is 10.6 Å². The van der Waals surface area contributed by atoms with Crippen molar-refractivity contribution in [2.24, 2.45) is 0 Å². The summed E-state index contributed by atoms with van der Waals surface area (Å²) >= 11 is 7.72. The third-order valence-corrected chi connectivity index (χ3v) is 7.42. The maximum atomic E-state index is 13.7. The second-order valence-corrected chi connectivity index (χ2v) is 9.74. The largest absolute Gasteiger partial charge is 0.490 e. The molecule has 1 aliphatic heterocycles. The summed E-state index contributed by atoms with van der Waals surface area (Å²) in [5.41, 5.74) is 2.67. The van der Waals surface area contributed by atoms with E-state index < -0.39 is 11.9 Å². The van der Waals surface area contributed by atoms with Gasteiger partial charge in [-0.1, -0.05) is 36.4 Å². The lowest BCUT2D eigenvalue weighted by molar-refractivity contribution is 0.0971. The molecule has 2 aromatic carbocycles. The van der Waals surface area contributed by atoms with Gasteiger partial charge in [0.1, 0.15) is 17.9 Å². The molecule has 0 fully saturated rings. The van der Waals surface area contributed by atoms with Gasteiger partial charge in [0, 0.05) is 9.90 Å². The Morgan fingerprint density at radius 2 is 1.94 bits per heavy atom. The fraction of sp³-hybridized carbons (Fsp3) is 0.192. The predicted octanol–water partition coefficient (Wildman–Crippen LogP) is 6.14. The molecular weight excluding hydrogens is 472 g/mol. The van der Waals surface area contributed by atoms with Crippen molar-refractivity contribution in [1.82, 2.24) is 4.98 Å². The molecule has 0 aliphatic carbocycles. The highest BCUT2D eigenvalue weighted by atomic mass is 35.5. The van der Waals surface area contributed by atoms with Crippen LogP contribution in [0.25, 0.3) is 11.0 Å². The summed E-state index contributed by atoms with van der Waals surface area (Å²) in [6, 6.07) is 9.90. The Morgan fingerprint density at radius 1 is 1.21 bits per heavy atom. The highest BCUT2D eigenvalue weighted by molar-refractivity contribution is 7.15. The highest BCUT2D eigenvalue weighted by Gasteiger charge is 2.45. The molecule has 0 radical (unpaired) electrons. The van der Waals surface area contributed by atoms with Crippen molar-refractivity contribution in [3.63, 3.8) is 0 Å². The molecule has 5 rings (SSSR count). The molecular formula is C26H21ClN2O4S. The topological polar surface area (TPSA) is 72.6 Å². The van der Waals surface area contributed by atoms with Crippen LogP contribution in [0.1, 0.15) is 43.9 Å². The van der Waals surface area contributed by atoms with E-state index in [1.807, 2.05) is 32.9 Å². The first-order chi connectivity index (χ1) is 16.3. The van der Waals surface area contributed by atoms with Gasteiger partial charge in [-0.05, 0) is 56.2 Å². The Kier molecular flexibility index (Phi) is 5.54. The van der Waals surface area contributed by atoms with Crippen LogP contribution in [0, 0.1) is 20.8 Å². The number of halogens is 1. The van der Waals surface area contributed by atoms with E-state index in [-0.39, 0.29) is 16.8 Å². The minimum atomic E-state index is -0.693. The van der Waals surface area contributed by atoms with Crippen LogP contribution in [0.4, 0.5) is 5.13 Å². The maximum Gasteiger partial charge on any atom is 0.297 e. The number of anilines is 1. The molecule has 2 aromatic heterocycles. The number of aryl methyl sites for hydroxylation is 3. The minimum Gasteiger partial charge on any atom is -0.490 e. The molecule has 1 aliphatic rings. The van der Waals surface area contributed by atoms with Gasteiger partial charge in [0.05, 0.1) is 22.7 Å². The molecule has 1 unspecified atom stereocenters. The lowest BCUT2D eigenvalue weighted by atomic mass is 9.98. The molecule has 4 aromatic rings. The molecule has 0 bridgehead atoms. The smallest absolute Gasteiger partial charge is 0.297 e. The first kappa shape index (κ1) is 22.4. The third-order valence-electron chi connectivity index (χ3n) is 5.94.